The number of nitrogens with one attached hydrogen (secondary N) is 1. The zero-order chi connectivity index (χ0) is 16.0. The van der Waals surface area contributed by atoms with Gasteiger partial charge in [0.25, 0.3) is 0 Å². The van der Waals surface area contributed by atoms with Gasteiger partial charge in [0.1, 0.15) is 4.90 Å². The standard InChI is InChI=1S/C14H22Cl2N2O2S/c1-4-7-17-10-11-8-14(13(16)9-12(11)15)21(19,20)18(5-2)6-3/h8-9,17H,4-7,10H2,1-3H3. The Morgan fingerprint density at radius 1 is 1.10 bits per heavy atom. The maximum atomic E-state index is 12.6. The summed E-state index contributed by atoms with van der Waals surface area (Å²) in [7, 11) is -3.59. The van der Waals surface area contributed by atoms with E-state index in [-0.39, 0.29) is 9.92 Å². The van der Waals surface area contributed by atoms with Gasteiger partial charge >= 0.3 is 0 Å². The van der Waals surface area contributed by atoms with Gasteiger partial charge in [-0.1, -0.05) is 44.0 Å². The van der Waals surface area contributed by atoms with Crippen LogP contribution in [0.4, 0.5) is 0 Å². The first-order valence-electron chi connectivity index (χ1n) is 7.07. The molecule has 0 aliphatic heterocycles. The molecule has 0 amide bonds. The van der Waals surface area contributed by atoms with Crippen LogP contribution in [0.1, 0.15) is 32.8 Å². The van der Waals surface area contributed by atoms with Crippen LogP contribution in [0.25, 0.3) is 0 Å². The van der Waals surface area contributed by atoms with E-state index in [1.807, 2.05) is 0 Å². The average Bonchev–Trinajstić information content (AvgIpc) is 2.42. The Kier molecular flexibility index (Phi) is 7.44. The number of hydrogen-bond donors (Lipinski definition) is 1. The summed E-state index contributed by atoms with van der Waals surface area (Å²) in [4.78, 5) is 0.116. The fraction of sp³-hybridized carbons (Fsp3) is 0.571. The lowest BCUT2D eigenvalue weighted by Gasteiger charge is -2.20. The van der Waals surface area contributed by atoms with Gasteiger partial charge in [0, 0.05) is 24.7 Å². The highest BCUT2D eigenvalue weighted by Gasteiger charge is 2.25. The molecule has 1 aromatic rings. The highest BCUT2D eigenvalue weighted by Crippen LogP contribution is 2.30. The van der Waals surface area contributed by atoms with E-state index < -0.39 is 10.0 Å². The number of rotatable bonds is 8. The van der Waals surface area contributed by atoms with E-state index >= 15 is 0 Å². The zero-order valence-electron chi connectivity index (χ0n) is 12.6. The molecule has 1 aromatic carbocycles. The number of sulfonamides is 1. The molecule has 0 aliphatic rings. The molecule has 0 bridgehead atoms. The van der Waals surface area contributed by atoms with Crippen molar-refractivity contribution in [1.82, 2.24) is 9.62 Å². The van der Waals surface area contributed by atoms with Gasteiger partial charge in [-0.2, -0.15) is 4.31 Å². The van der Waals surface area contributed by atoms with Crippen molar-refractivity contribution >= 4 is 33.2 Å². The minimum Gasteiger partial charge on any atom is -0.313 e. The van der Waals surface area contributed by atoms with Crippen LogP contribution in [0.2, 0.25) is 10.0 Å². The van der Waals surface area contributed by atoms with Crippen LogP contribution >= 0.6 is 23.2 Å². The molecule has 0 atom stereocenters. The van der Waals surface area contributed by atoms with E-state index in [0.717, 1.165) is 18.5 Å². The van der Waals surface area contributed by atoms with Crippen molar-refractivity contribution in [3.63, 3.8) is 0 Å². The van der Waals surface area contributed by atoms with E-state index in [1.165, 1.54) is 10.4 Å². The van der Waals surface area contributed by atoms with E-state index in [0.29, 0.717) is 24.7 Å². The Morgan fingerprint density at radius 3 is 2.24 bits per heavy atom. The second-order valence-electron chi connectivity index (χ2n) is 4.64. The molecule has 0 radical (unpaired) electrons. The van der Waals surface area contributed by atoms with Crippen LogP contribution in [-0.4, -0.2) is 32.4 Å². The lowest BCUT2D eigenvalue weighted by atomic mass is 10.2. The molecular formula is C14H22Cl2N2O2S. The highest BCUT2D eigenvalue weighted by atomic mass is 35.5. The number of halogens is 2. The van der Waals surface area contributed by atoms with Crippen LogP contribution in [-0.2, 0) is 16.6 Å². The molecular weight excluding hydrogens is 331 g/mol. The van der Waals surface area contributed by atoms with E-state index in [9.17, 15) is 8.42 Å². The Labute approximate surface area is 137 Å². The summed E-state index contributed by atoms with van der Waals surface area (Å²) in [6.45, 7) is 7.83. The van der Waals surface area contributed by atoms with Crippen LogP contribution in [0, 0.1) is 0 Å². The van der Waals surface area contributed by atoms with Gasteiger partial charge in [0.15, 0.2) is 0 Å². The molecule has 21 heavy (non-hydrogen) atoms. The Bertz CT molecular complexity index is 573. The first kappa shape index (κ1) is 18.7. The number of nitrogens with zero attached hydrogens (tertiary/aromatic N) is 1. The SMILES string of the molecule is CCCNCc1cc(S(=O)(=O)N(CC)CC)c(Cl)cc1Cl. The minimum atomic E-state index is -3.59. The largest absolute Gasteiger partial charge is 0.313 e. The molecule has 0 aromatic heterocycles. The third-order valence-corrected chi connectivity index (χ3v) is 6.03. The Balaban J connectivity index is 3.21. The van der Waals surface area contributed by atoms with Gasteiger partial charge in [0.05, 0.1) is 5.02 Å². The minimum absolute atomic E-state index is 0.116. The van der Waals surface area contributed by atoms with Gasteiger partial charge < -0.3 is 5.32 Å². The highest BCUT2D eigenvalue weighted by molar-refractivity contribution is 7.89. The van der Waals surface area contributed by atoms with Gasteiger partial charge in [0.2, 0.25) is 10.0 Å². The molecule has 4 nitrogen and oxygen atoms in total. The third-order valence-electron chi connectivity index (χ3n) is 3.17. The smallest absolute Gasteiger partial charge is 0.244 e. The average molecular weight is 353 g/mol. The summed E-state index contributed by atoms with van der Waals surface area (Å²) in [6.07, 6.45) is 0.996. The second kappa shape index (κ2) is 8.34. The topological polar surface area (TPSA) is 49.4 Å². The molecule has 1 N–H and O–H groups in total. The number of benzene rings is 1. The van der Waals surface area contributed by atoms with Crippen molar-refractivity contribution in [2.75, 3.05) is 19.6 Å². The van der Waals surface area contributed by atoms with E-state index in [4.69, 9.17) is 23.2 Å². The molecule has 0 saturated carbocycles. The van der Waals surface area contributed by atoms with Gasteiger partial charge in [-0.3, -0.25) is 0 Å². The summed E-state index contributed by atoms with van der Waals surface area (Å²) >= 11 is 12.2. The maximum absolute atomic E-state index is 12.6. The van der Waals surface area contributed by atoms with Crippen LogP contribution < -0.4 is 5.32 Å². The Morgan fingerprint density at radius 2 is 1.71 bits per heavy atom. The maximum Gasteiger partial charge on any atom is 0.244 e. The van der Waals surface area contributed by atoms with Crippen molar-refractivity contribution in [1.29, 1.82) is 0 Å². The predicted molar refractivity (Wildman–Crippen MR) is 88.6 cm³/mol. The molecule has 0 aliphatic carbocycles. The van der Waals surface area contributed by atoms with Crippen molar-refractivity contribution in [3.05, 3.63) is 27.7 Å². The normalized spacial score (nSPS) is 12.1. The fourth-order valence-electron chi connectivity index (χ4n) is 2.01. The van der Waals surface area contributed by atoms with Crippen molar-refractivity contribution in [2.45, 2.75) is 38.6 Å². The fourth-order valence-corrected chi connectivity index (χ4v) is 4.30. The quantitative estimate of drug-likeness (QED) is 0.728. The van der Waals surface area contributed by atoms with Crippen molar-refractivity contribution in [3.8, 4) is 0 Å². The second-order valence-corrected chi connectivity index (χ2v) is 7.36. The first-order chi connectivity index (χ1) is 9.88. The van der Waals surface area contributed by atoms with Crippen LogP contribution in [0.15, 0.2) is 17.0 Å². The predicted octanol–water partition coefficient (Wildman–Crippen LogP) is 3.52. The molecule has 0 spiro atoms. The summed E-state index contributed by atoms with van der Waals surface area (Å²) in [5.41, 5.74) is 0.736. The van der Waals surface area contributed by atoms with Crippen LogP contribution in [0.3, 0.4) is 0 Å². The molecule has 0 unspecified atom stereocenters. The molecule has 0 saturated heterocycles. The summed E-state index contributed by atoms with van der Waals surface area (Å²) in [5, 5.41) is 3.84. The summed E-state index contributed by atoms with van der Waals surface area (Å²) in [6, 6.07) is 3.07. The molecule has 0 fully saturated rings. The van der Waals surface area contributed by atoms with Gasteiger partial charge in [-0.25, -0.2) is 8.42 Å². The molecule has 120 valence electrons. The monoisotopic (exact) mass is 352 g/mol. The van der Waals surface area contributed by atoms with Crippen molar-refractivity contribution in [2.24, 2.45) is 0 Å². The molecule has 0 heterocycles. The molecule has 7 heteroatoms. The van der Waals surface area contributed by atoms with Gasteiger partial charge in [-0.15, -0.1) is 0 Å². The lowest BCUT2D eigenvalue weighted by Crippen LogP contribution is -2.31. The third kappa shape index (κ3) is 4.57. The number of hydrogen-bond acceptors (Lipinski definition) is 3. The first-order valence-corrected chi connectivity index (χ1v) is 9.26. The summed E-state index contributed by atoms with van der Waals surface area (Å²) in [5.74, 6) is 0. The van der Waals surface area contributed by atoms with E-state index in [2.05, 4.69) is 12.2 Å². The van der Waals surface area contributed by atoms with Crippen molar-refractivity contribution < 1.29 is 8.42 Å². The Hall–Kier alpha value is -0.330. The van der Waals surface area contributed by atoms with Gasteiger partial charge in [-0.05, 0) is 30.7 Å². The summed E-state index contributed by atoms with van der Waals surface area (Å²) < 4.78 is 26.6. The molecule has 1 rings (SSSR count). The zero-order valence-corrected chi connectivity index (χ0v) is 14.9. The van der Waals surface area contributed by atoms with Crippen LogP contribution in [0.5, 0.6) is 0 Å². The lowest BCUT2D eigenvalue weighted by molar-refractivity contribution is 0.445. The van der Waals surface area contributed by atoms with E-state index in [1.54, 1.807) is 19.9 Å².